The highest BCUT2D eigenvalue weighted by Crippen LogP contribution is 2.53. The van der Waals surface area contributed by atoms with Gasteiger partial charge in [-0.05, 0) is 66.3 Å². The zero-order chi connectivity index (χ0) is 19.5. The maximum Gasteiger partial charge on any atom is 0.0457 e. The van der Waals surface area contributed by atoms with Crippen LogP contribution in [-0.4, -0.2) is 9.97 Å². The van der Waals surface area contributed by atoms with Gasteiger partial charge in [0.15, 0.2) is 0 Å². The van der Waals surface area contributed by atoms with Crippen LogP contribution >= 0.6 is 0 Å². The molecule has 3 nitrogen and oxygen atoms in total. The van der Waals surface area contributed by atoms with Gasteiger partial charge in [0.05, 0.1) is 0 Å². The Balaban J connectivity index is 1.43. The Morgan fingerprint density at radius 3 is 2.50 bits per heavy atom. The third-order valence-corrected chi connectivity index (χ3v) is 6.16. The van der Waals surface area contributed by atoms with Crippen molar-refractivity contribution in [2.45, 2.75) is 44.4 Å². The molecule has 2 aromatic heterocycles. The average Bonchev–Trinajstić information content (AvgIpc) is 3.13. The summed E-state index contributed by atoms with van der Waals surface area (Å²) in [6, 6.07) is 17.6. The number of benzene rings is 2. The number of nitrogens with one attached hydrogen (secondary N) is 3. The van der Waals surface area contributed by atoms with E-state index in [0.717, 1.165) is 24.2 Å². The van der Waals surface area contributed by atoms with E-state index >= 15 is 0 Å². The van der Waals surface area contributed by atoms with Crippen molar-refractivity contribution < 1.29 is 0 Å². The lowest BCUT2D eigenvalue weighted by molar-refractivity contribution is 0.574. The molecule has 2 aromatic carbocycles. The number of aromatic nitrogens is 2. The number of rotatable bonds is 4. The lowest BCUT2D eigenvalue weighted by atomic mass is 9.91. The number of H-pyrrole nitrogens is 2. The molecule has 5 rings (SSSR count). The molecule has 0 unspecified atom stereocenters. The minimum atomic E-state index is 0.0507. The van der Waals surface area contributed by atoms with Crippen LogP contribution in [0.15, 0.2) is 67.0 Å². The molecule has 0 spiro atoms. The Bertz CT molecular complexity index is 1200. The van der Waals surface area contributed by atoms with Gasteiger partial charge in [-0.25, -0.2) is 0 Å². The second-order valence-electron chi connectivity index (χ2n) is 9.20. The second kappa shape index (κ2) is 5.78. The highest BCUT2D eigenvalue weighted by molar-refractivity contribution is 5.85. The largest absolute Gasteiger partial charge is 0.361 e. The predicted octanol–water partition coefficient (Wildman–Crippen LogP) is 6.60. The summed E-state index contributed by atoms with van der Waals surface area (Å²) in [6.07, 6.45) is 4.30. The molecule has 0 aliphatic heterocycles. The van der Waals surface area contributed by atoms with Gasteiger partial charge in [-0.2, -0.15) is 0 Å². The normalized spacial score (nSPS) is 15.8. The molecule has 0 bridgehead atoms. The van der Waals surface area contributed by atoms with E-state index in [-0.39, 0.29) is 10.8 Å². The molecule has 0 amide bonds. The molecule has 0 radical (unpaired) electrons. The topological polar surface area (TPSA) is 43.6 Å². The highest BCUT2D eigenvalue weighted by atomic mass is 14.9. The van der Waals surface area contributed by atoms with Crippen LogP contribution in [0.1, 0.15) is 44.9 Å². The minimum Gasteiger partial charge on any atom is -0.361 e. The third-order valence-electron chi connectivity index (χ3n) is 6.16. The van der Waals surface area contributed by atoms with E-state index in [1.165, 1.54) is 33.1 Å². The SMILES string of the molecule is C=C(Nc1ccc2[nH]c(C(C)(C)C)cc2c1)C1(c2ccc3[nH]ccc3c2)CC1. The summed E-state index contributed by atoms with van der Waals surface area (Å²) in [5.74, 6) is 0. The van der Waals surface area contributed by atoms with Gasteiger partial charge in [0.25, 0.3) is 0 Å². The van der Waals surface area contributed by atoms with E-state index < -0.39 is 0 Å². The van der Waals surface area contributed by atoms with Crippen molar-refractivity contribution in [1.29, 1.82) is 0 Å². The first-order chi connectivity index (χ1) is 13.3. The Morgan fingerprint density at radius 2 is 1.75 bits per heavy atom. The summed E-state index contributed by atoms with van der Waals surface area (Å²) in [6.45, 7) is 11.1. The molecule has 1 saturated carbocycles. The van der Waals surface area contributed by atoms with Gasteiger partial charge in [0.1, 0.15) is 0 Å². The quantitative estimate of drug-likeness (QED) is 0.372. The number of fused-ring (bicyclic) bond motifs is 2. The maximum absolute atomic E-state index is 4.43. The molecule has 2 heterocycles. The molecule has 0 atom stereocenters. The molecule has 142 valence electrons. The summed E-state index contributed by atoms with van der Waals surface area (Å²) in [5.41, 5.74) is 7.34. The lowest BCUT2D eigenvalue weighted by Crippen LogP contribution is -2.16. The van der Waals surface area contributed by atoms with Gasteiger partial charge in [-0.1, -0.05) is 33.4 Å². The number of aromatic amines is 2. The van der Waals surface area contributed by atoms with Crippen LogP contribution in [-0.2, 0) is 10.8 Å². The van der Waals surface area contributed by atoms with Crippen LogP contribution < -0.4 is 5.32 Å². The van der Waals surface area contributed by atoms with Crippen LogP contribution in [0.4, 0.5) is 5.69 Å². The molecular weight excluding hydrogens is 342 g/mol. The van der Waals surface area contributed by atoms with Crippen LogP contribution in [0, 0.1) is 0 Å². The minimum absolute atomic E-state index is 0.0507. The highest BCUT2D eigenvalue weighted by Gasteiger charge is 2.47. The van der Waals surface area contributed by atoms with Gasteiger partial charge < -0.3 is 15.3 Å². The summed E-state index contributed by atoms with van der Waals surface area (Å²) >= 11 is 0. The fourth-order valence-electron chi connectivity index (χ4n) is 4.15. The number of hydrogen-bond donors (Lipinski definition) is 3. The van der Waals surface area contributed by atoms with Gasteiger partial charge in [0, 0.05) is 50.5 Å². The number of allylic oxidation sites excluding steroid dienone is 1. The molecule has 3 heteroatoms. The summed E-state index contributed by atoms with van der Waals surface area (Å²) in [4.78, 5) is 6.82. The zero-order valence-corrected chi connectivity index (χ0v) is 16.8. The van der Waals surface area contributed by atoms with E-state index in [0.29, 0.717) is 0 Å². The number of anilines is 1. The van der Waals surface area contributed by atoms with Crippen LogP contribution in [0.3, 0.4) is 0 Å². The molecule has 1 fully saturated rings. The Labute approximate surface area is 165 Å². The van der Waals surface area contributed by atoms with Crippen molar-refractivity contribution in [3.8, 4) is 0 Å². The molecule has 28 heavy (non-hydrogen) atoms. The fourth-order valence-corrected chi connectivity index (χ4v) is 4.15. The Kier molecular flexibility index (Phi) is 3.54. The molecule has 0 saturated heterocycles. The van der Waals surface area contributed by atoms with Crippen molar-refractivity contribution in [1.82, 2.24) is 9.97 Å². The van der Waals surface area contributed by atoms with Crippen LogP contribution in [0.5, 0.6) is 0 Å². The van der Waals surface area contributed by atoms with E-state index in [1.54, 1.807) is 0 Å². The van der Waals surface area contributed by atoms with E-state index in [2.05, 4.69) is 91.2 Å². The number of hydrogen-bond acceptors (Lipinski definition) is 1. The monoisotopic (exact) mass is 369 g/mol. The molecule has 1 aliphatic carbocycles. The first-order valence-corrected chi connectivity index (χ1v) is 10.0. The van der Waals surface area contributed by atoms with E-state index in [9.17, 15) is 0 Å². The summed E-state index contributed by atoms with van der Waals surface area (Å²) < 4.78 is 0. The maximum atomic E-state index is 4.43. The fraction of sp³-hybridized carbons (Fsp3) is 0.280. The Morgan fingerprint density at radius 1 is 0.964 bits per heavy atom. The predicted molar refractivity (Wildman–Crippen MR) is 119 cm³/mol. The van der Waals surface area contributed by atoms with Crippen molar-refractivity contribution in [3.05, 3.63) is 78.3 Å². The molecule has 4 aromatic rings. The van der Waals surface area contributed by atoms with Crippen molar-refractivity contribution in [2.24, 2.45) is 0 Å². The molecule has 1 aliphatic rings. The van der Waals surface area contributed by atoms with Crippen molar-refractivity contribution >= 4 is 27.5 Å². The van der Waals surface area contributed by atoms with Crippen LogP contribution in [0.2, 0.25) is 0 Å². The van der Waals surface area contributed by atoms with Gasteiger partial charge in [-0.15, -0.1) is 0 Å². The standard InChI is InChI=1S/C25H27N3/c1-16(25(10-11-25)19-5-7-21-17(13-19)9-12-26-21)27-20-6-8-22-18(14-20)15-23(28-22)24(2,3)4/h5-9,12-15,26-28H,1,10-11H2,2-4H3. The van der Waals surface area contributed by atoms with Crippen molar-refractivity contribution in [2.75, 3.05) is 5.32 Å². The summed E-state index contributed by atoms with van der Waals surface area (Å²) in [5, 5.41) is 6.11. The average molecular weight is 370 g/mol. The van der Waals surface area contributed by atoms with E-state index in [4.69, 9.17) is 0 Å². The van der Waals surface area contributed by atoms with Crippen LogP contribution in [0.25, 0.3) is 21.8 Å². The van der Waals surface area contributed by atoms with Gasteiger partial charge in [-0.3, -0.25) is 0 Å². The third kappa shape index (κ3) is 2.73. The molecule has 3 N–H and O–H groups in total. The Hall–Kier alpha value is -2.94. The first-order valence-electron chi connectivity index (χ1n) is 10.0. The van der Waals surface area contributed by atoms with E-state index in [1.807, 2.05) is 6.20 Å². The summed E-state index contributed by atoms with van der Waals surface area (Å²) in [7, 11) is 0. The van der Waals surface area contributed by atoms with Gasteiger partial charge in [0.2, 0.25) is 0 Å². The zero-order valence-electron chi connectivity index (χ0n) is 16.8. The van der Waals surface area contributed by atoms with Gasteiger partial charge >= 0.3 is 0 Å². The second-order valence-corrected chi connectivity index (χ2v) is 9.20. The molecular formula is C25H27N3. The lowest BCUT2D eigenvalue weighted by Gasteiger charge is -2.21. The smallest absolute Gasteiger partial charge is 0.0457 e. The first kappa shape index (κ1) is 17.2. The van der Waals surface area contributed by atoms with Crippen molar-refractivity contribution in [3.63, 3.8) is 0 Å².